The predicted molar refractivity (Wildman–Crippen MR) is 99.7 cm³/mol. The maximum absolute atomic E-state index is 13.1. The van der Waals surface area contributed by atoms with Crippen LogP contribution >= 0.6 is 15.9 Å². The lowest BCUT2D eigenvalue weighted by molar-refractivity contribution is 0.0944. The lowest BCUT2D eigenvalue weighted by Crippen LogP contribution is -2.23. The maximum atomic E-state index is 13.1. The Morgan fingerprint density at radius 3 is 3.00 bits per heavy atom. The van der Waals surface area contributed by atoms with Crippen molar-refractivity contribution in [1.82, 2.24) is 29.5 Å². The molecule has 0 fully saturated rings. The topological polar surface area (TPSA) is 78.5 Å². The molecule has 1 aliphatic rings. The summed E-state index contributed by atoms with van der Waals surface area (Å²) in [5, 5.41) is 8.60. The third-order valence-corrected chi connectivity index (χ3v) is 5.12. The van der Waals surface area contributed by atoms with Gasteiger partial charge in [-0.05, 0) is 47.3 Å². The first-order valence-corrected chi connectivity index (χ1v) is 9.39. The molecule has 7 nitrogen and oxygen atoms in total. The standard InChI is InChI=1S/C18H19BrN6O/c1-11-4-3-5-14(21-11)13-10-20-24(2)17(13)15(26)8-12-6-7-25-16(9-12)22-18(19)23-25/h3-5,10,12H,6-9H2,1-2H3. The zero-order valence-electron chi connectivity index (χ0n) is 14.7. The molecule has 1 atom stereocenters. The molecule has 0 aromatic carbocycles. The number of hydrogen-bond acceptors (Lipinski definition) is 5. The van der Waals surface area contributed by atoms with E-state index < -0.39 is 0 Å². The van der Waals surface area contributed by atoms with Gasteiger partial charge in [-0.1, -0.05) is 6.07 Å². The third-order valence-electron chi connectivity index (χ3n) is 4.78. The highest BCUT2D eigenvalue weighted by Gasteiger charge is 2.27. The smallest absolute Gasteiger partial charge is 0.217 e. The van der Waals surface area contributed by atoms with E-state index in [-0.39, 0.29) is 11.7 Å². The molecule has 0 radical (unpaired) electrons. The fourth-order valence-electron chi connectivity index (χ4n) is 3.52. The number of aryl methyl sites for hydroxylation is 3. The van der Waals surface area contributed by atoms with Gasteiger partial charge < -0.3 is 0 Å². The van der Waals surface area contributed by atoms with E-state index in [0.717, 1.165) is 42.2 Å². The number of carbonyl (C=O) groups is 1. The van der Waals surface area contributed by atoms with Gasteiger partial charge >= 0.3 is 0 Å². The molecule has 0 bridgehead atoms. The zero-order chi connectivity index (χ0) is 18.3. The normalized spacial score (nSPS) is 16.5. The Labute approximate surface area is 159 Å². The second-order valence-electron chi connectivity index (χ2n) is 6.70. The van der Waals surface area contributed by atoms with Crippen LogP contribution in [0, 0.1) is 12.8 Å². The van der Waals surface area contributed by atoms with Gasteiger partial charge in [-0.2, -0.15) is 5.10 Å². The molecular weight excluding hydrogens is 396 g/mol. The number of halogens is 1. The molecule has 4 heterocycles. The molecule has 0 N–H and O–H groups in total. The monoisotopic (exact) mass is 414 g/mol. The Bertz CT molecular complexity index is 976. The second kappa shape index (κ2) is 6.75. The van der Waals surface area contributed by atoms with Crippen molar-refractivity contribution in [3.8, 4) is 11.3 Å². The van der Waals surface area contributed by atoms with Gasteiger partial charge in [0.05, 0.1) is 11.9 Å². The zero-order valence-corrected chi connectivity index (χ0v) is 16.3. The van der Waals surface area contributed by atoms with Crippen LogP contribution in [0.1, 0.15) is 34.8 Å². The fraction of sp³-hybridized carbons (Fsp3) is 0.389. The van der Waals surface area contributed by atoms with Crippen LogP contribution in [-0.4, -0.2) is 35.3 Å². The minimum absolute atomic E-state index is 0.0975. The number of nitrogens with zero attached hydrogens (tertiary/aromatic N) is 6. The molecule has 0 saturated carbocycles. The Morgan fingerprint density at radius 1 is 1.35 bits per heavy atom. The first kappa shape index (κ1) is 17.1. The largest absolute Gasteiger partial charge is 0.292 e. The first-order valence-electron chi connectivity index (χ1n) is 8.59. The van der Waals surface area contributed by atoms with Crippen LogP contribution in [0.15, 0.2) is 29.1 Å². The Hall–Kier alpha value is -2.35. The first-order chi connectivity index (χ1) is 12.5. The van der Waals surface area contributed by atoms with Crippen LogP contribution in [0.25, 0.3) is 11.3 Å². The molecule has 3 aromatic heterocycles. The van der Waals surface area contributed by atoms with Gasteiger partial charge in [-0.3, -0.25) is 14.5 Å². The molecule has 4 rings (SSSR count). The molecule has 8 heteroatoms. The van der Waals surface area contributed by atoms with Crippen molar-refractivity contribution in [3.63, 3.8) is 0 Å². The van der Waals surface area contributed by atoms with Crippen LogP contribution < -0.4 is 0 Å². The van der Waals surface area contributed by atoms with E-state index >= 15 is 0 Å². The van der Waals surface area contributed by atoms with Gasteiger partial charge in [-0.15, -0.1) is 5.10 Å². The Balaban J connectivity index is 1.57. The van der Waals surface area contributed by atoms with E-state index in [0.29, 0.717) is 16.8 Å². The molecule has 1 unspecified atom stereocenters. The molecule has 3 aromatic rings. The molecule has 0 aliphatic carbocycles. The van der Waals surface area contributed by atoms with Crippen LogP contribution in [0.5, 0.6) is 0 Å². The van der Waals surface area contributed by atoms with E-state index in [1.54, 1.807) is 17.9 Å². The summed E-state index contributed by atoms with van der Waals surface area (Å²) >= 11 is 3.32. The van der Waals surface area contributed by atoms with Crippen LogP contribution in [0.3, 0.4) is 0 Å². The van der Waals surface area contributed by atoms with Gasteiger partial charge in [0.15, 0.2) is 5.78 Å². The van der Waals surface area contributed by atoms with Crippen LogP contribution in [0.2, 0.25) is 0 Å². The summed E-state index contributed by atoms with van der Waals surface area (Å²) in [5.41, 5.74) is 3.12. The fourth-order valence-corrected chi connectivity index (χ4v) is 3.92. The average Bonchev–Trinajstić information content (AvgIpc) is 3.16. The summed E-state index contributed by atoms with van der Waals surface area (Å²) in [6, 6.07) is 5.81. The number of fused-ring (bicyclic) bond motifs is 1. The number of ketones is 1. The van der Waals surface area contributed by atoms with E-state index in [1.807, 2.05) is 29.8 Å². The van der Waals surface area contributed by atoms with Crippen molar-refractivity contribution in [1.29, 1.82) is 0 Å². The van der Waals surface area contributed by atoms with Gasteiger partial charge in [0.25, 0.3) is 0 Å². The van der Waals surface area contributed by atoms with Gasteiger partial charge in [0.2, 0.25) is 4.73 Å². The lowest BCUT2D eigenvalue weighted by atomic mass is 9.91. The van der Waals surface area contributed by atoms with Crippen molar-refractivity contribution in [2.24, 2.45) is 13.0 Å². The van der Waals surface area contributed by atoms with Crippen molar-refractivity contribution in [2.45, 2.75) is 32.7 Å². The van der Waals surface area contributed by atoms with Crippen LogP contribution in [0.4, 0.5) is 0 Å². The van der Waals surface area contributed by atoms with Crippen molar-refractivity contribution >= 4 is 21.7 Å². The maximum Gasteiger partial charge on any atom is 0.217 e. The van der Waals surface area contributed by atoms with Crippen molar-refractivity contribution < 1.29 is 4.79 Å². The number of aromatic nitrogens is 6. The summed E-state index contributed by atoms with van der Waals surface area (Å²) in [4.78, 5) is 22.0. The van der Waals surface area contributed by atoms with Crippen molar-refractivity contribution in [2.75, 3.05) is 0 Å². The van der Waals surface area contributed by atoms with E-state index in [4.69, 9.17) is 0 Å². The summed E-state index contributed by atoms with van der Waals surface area (Å²) in [7, 11) is 1.81. The van der Waals surface area contributed by atoms with E-state index in [2.05, 4.69) is 36.1 Å². The highest BCUT2D eigenvalue weighted by Crippen LogP contribution is 2.28. The van der Waals surface area contributed by atoms with Crippen molar-refractivity contribution in [3.05, 3.63) is 46.3 Å². The minimum atomic E-state index is 0.0975. The summed E-state index contributed by atoms with van der Waals surface area (Å²) in [5.74, 6) is 1.30. The van der Waals surface area contributed by atoms with E-state index in [1.165, 1.54) is 0 Å². The highest BCUT2D eigenvalue weighted by atomic mass is 79.9. The molecule has 0 amide bonds. The number of pyridine rings is 1. The lowest BCUT2D eigenvalue weighted by Gasteiger charge is -2.21. The summed E-state index contributed by atoms with van der Waals surface area (Å²) < 4.78 is 4.18. The average molecular weight is 415 g/mol. The summed E-state index contributed by atoms with van der Waals surface area (Å²) in [6.07, 6.45) is 3.89. The molecular formula is C18H19BrN6O. The highest BCUT2D eigenvalue weighted by molar-refractivity contribution is 9.10. The molecule has 0 spiro atoms. The number of rotatable bonds is 4. The predicted octanol–water partition coefficient (Wildman–Crippen LogP) is 2.98. The minimum Gasteiger partial charge on any atom is -0.292 e. The Kier molecular flexibility index (Phi) is 4.44. The second-order valence-corrected chi connectivity index (χ2v) is 7.41. The summed E-state index contributed by atoms with van der Waals surface area (Å²) in [6.45, 7) is 2.74. The van der Waals surface area contributed by atoms with E-state index in [9.17, 15) is 4.79 Å². The Morgan fingerprint density at radius 2 is 2.19 bits per heavy atom. The number of Topliss-reactive ketones (excluding diaryl/α,β-unsaturated/α-hetero) is 1. The number of hydrogen-bond donors (Lipinski definition) is 0. The van der Waals surface area contributed by atoms with Gasteiger partial charge in [-0.25, -0.2) is 9.67 Å². The van der Waals surface area contributed by atoms with Gasteiger partial charge in [0, 0.05) is 37.7 Å². The quantitative estimate of drug-likeness (QED) is 0.613. The number of carbonyl (C=O) groups excluding carboxylic acids is 1. The SMILES string of the molecule is Cc1cccc(-c2cnn(C)c2C(=O)CC2CCn3nc(Br)nc3C2)n1. The molecule has 0 saturated heterocycles. The molecule has 1 aliphatic heterocycles. The molecule has 26 heavy (non-hydrogen) atoms. The van der Waals surface area contributed by atoms with Crippen LogP contribution in [-0.2, 0) is 20.0 Å². The van der Waals surface area contributed by atoms with Gasteiger partial charge in [0.1, 0.15) is 11.5 Å². The third kappa shape index (κ3) is 3.21. The molecule has 134 valence electrons.